The fourth-order valence-corrected chi connectivity index (χ4v) is 2.62. The minimum Gasteiger partial charge on any atom is -0.490 e. The molecule has 0 fully saturated rings. The van der Waals surface area contributed by atoms with Crippen LogP contribution in [-0.2, 0) is 16.0 Å². The second-order valence-electron chi connectivity index (χ2n) is 5.81. The molecule has 0 aliphatic rings. The standard InChI is InChI=1S/C21H18F2O4/c1-25-19(24)13-16-7-9-18(21(23)20(16)22)27-11-10-26-17-8-6-14-4-2-3-5-15(14)12-17/h2-9,12H,10-11,13H2,1H3. The average molecular weight is 372 g/mol. The Balaban J connectivity index is 1.56. The first-order valence-corrected chi connectivity index (χ1v) is 8.36. The van der Waals surface area contributed by atoms with Crippen LogP contribution in [0.2, 0.25) is 0 Å². The highest BCUT2D eigenvalue weighted by Crippen LogP contribution is 2.24. The van der Waals surface area contributed by atoms with Crippen LogP contribution in [-0.4, -0.2) is 26.3 Å². The lowest BCUT2D eigenvalue weighted by Gasteiger charge is -2.11. The molecule has 0 atom stereocenters. The summed E-state index contributed by atoms with van der Waals surface area (Å²) in [6.45, 7) is 0.211. The first-order chi connectivity index (χ1) is 13.1. The lowest BCUT2D eigenvalue weighted by atomic mass is 10.1. The second-order valence-corrected chi connectivity index (χ2v) is 5.81. The van der Waals surface area contributed by atoms with Crippen LogP contribution < -0.4 is 9.47 Å². The summed E-state index contributed by atoms with van der Waals surface area (Å²) in [5, 5.41) is 2.15. The molecule has 3 aromatic rings. The number of ether oxygens (including phenoxy) is 3. The predicted octanol–water partition coefficient (Wildman–Crippen LogP) is 4.29. The molecule has 6 heteroatoms. The van der Waals surface area contributed by atoms with Crippen LogP contribution in [0.25, 0.3) is 10.8 Å². The maximum absolute atomic E-state index is 14.0. The van der Waals surface area contributed by atoms with Gasteiger partial charge in [0.15, 0.2) is 11.6 Å². The van der Waals surface area contributed by atoms with Gasteiger partial charge in [-0.3, -0.25) is 4.79 Å². The molecular formula is C21H18F2O4. The van der Waals surface area contributed by atoms with Gasteiger partial charge in [-0.1, -0.05) is 36.4 Å². The van der Waals surface area contributed by atoms with E-state index < -0.39 is 17.6 Å². The Morgan fingerprint density at radius 1 is 0.889 bits per heavy atom. The Morgan fingerprint density at radius 2 is 1.63 bits per heavy atom. The summed E-state index contributed by atoms with van der Waals surface area (Å²) in [5.74, 6) is -2.47. The van der Waals surface area contributed by atoms with Crippen LogP contribution in [0, 0.1) is 11.6 Å². The molecule has 4 nitrogen and oxygen atoms in total. The lowest BCUT2D eigenvalue weighted by molar-refractivity contribution is -0.139. The summed E-state index contributed by atoms with van der Waals surface area (Å²) in [4.78, 5) is 11.2. The number of halogens is 2. The van der Waals surface area contributed by atoms with Gasteiger partial charge >= 0.3 is 5.97 Å². The van der Waals surface area contributed by atoms with Crippen molar-refractivity contribution in [1.82, 2.24) is 0 Å². The van der Waals surface area contributed by atoms with E-state index in [4.69, 9.17) is 9.47 Å². The Morgan fingerprint density at radius 3 is 2.41 bits per heavy atom. The van der Waals surface area contributed by atoms with E-state index in [1.54, 1.807) is 0 Å². The van der Waals surface area contributed by atoms with Gasteiger partial charge in [-0.25, -0.2) is 4.39 Å². The summed E-state index contributed by atoms with van der Waals surface area (Å²) in [6, 6.07) is 16.1. The SMILES string of the molecule is COC(=O)Cc1ccc(OCCOc2ccc3ccccc3c2)c(F)c1F. The van der Waals surface area contributed by atoms with Crippen LogP contribution >= 0.6 is 0 Å². The van der Waals surface area contributed by atoms with Gasteiger partial charge in [-0.05, 0) is 29.0 Å². The minimum absolute atomic E-state index is 0.0412. The third kappa shape index (κ3) is 4.53. The zero-order chi connectivity index (χ0) is 19.2. The van der Waals surface area contributed by atoms with E-state index in [0.717, 1.165) is 10.8 Å². The molecule has 0 aliphatic carbocycles. The number of fused-ring (bicyclic) bond motifs is 1. The lowest BCUT2D eigenvalue weighted by Crippen LogP contribution is -2.11. The molecule has 0 unspecified atom stereocenters. The van der Waals surface area contributed by atoms with Crippen molar-refractivity contribution in [2.75, 3.05) is 20.3 Å². The molecule has 3 rings (SSSR count). The Kier molecular flexibility index (Phi) is 5.86. The van der Waals surface area contributed by atoms with Crippen molar-refractivity contribution in [2.45, 2.75) is 6.42 Å². The minimum atomic E-state index is -1.14. The summed E-state index contributed by atoms with van der Waals surface area (Å²) in [6.07, 6.45) is -0.343. The first kappa shape index (κ1) is 18.6. The highest BCUT2D eigenvalue weighted by atomic mass is 19.2. The second kappa shape index (κ2) is 8.49. The quantitative estimate of drug-likeness (QED) is 0.458. The number of methoxy groups -OCH3 is 1. The number of benzene rings is 3. The summed E-state index contributed by atoms with van der Waals surface area (Å²) in [7, 11) is 1.18. The summed E-state index contributed by atoms with van der Waals surface area (Å²) < 4.78 is 43.3. The van der Waals surface area contributed by atoms with E-state index in [9.17, 15) is 13.6 Å². The third-order valence-electron chi connectivity index (χ3n) is 4.02. The number of hydrogen-bond acceptors (Lipinski definition) is 4. The molecule has 3 aromatic carbocycles. The van der Waals surface area contributed by atoms with Gasteiger partial charge in [-0.2, -0.15) is 4.39 Å². The smallest absolute Gasteiger partial charge is 0.310 e. The van der Waals surface area contributed by atoms with E-state index in [0.29, 0.717) is 5.75 Å². The Labute approximate surface area is 155 Å². The normalized spacial score (nSPS) is 10.6. The molecular weight excluding hydrogens is 354 g/mol. The zero-order valence-electron chi connectivity index (χ0n) is 14.7. The van der Waals surface area contributed by atoms with Crippen molar-refractivity contribution in [3.8, 4) is 11.5 Å². The van der Waals surface area contributed by atoms with Gasteiger partial charge in [-0.15, -0.1) is 0 Å². The zero-order valence-corrected chi connectivity index (χ0v) is 14.7. The summed E-state index contributed by atoms with van der Waals surface area (Å²) in [5.41, 5.74) is -0.0842. The van der Waals surface area contributed by atoms with E-state index in [-0.39, 0.29) is 30.9 Å². The van der Waals surface area contributed by atoms with E-state index >= 15 is 0 Å². The van der Waals surface area contributed by atoms with Crippen molar-refractivity contribution < 1.29 is 27.8 Å². The first-order valence-electron chi connectivity index (χ1n) is 8.36. The van der Waals surface area contributed by atoms with Crippen molar-refractivity contribution in [3.63, 3.8) is 0 Å². The van der Waals surface area contributed by atoms with Gasteiger partial charge in [0.2, 0.25) is 5.82 Å². The third-order valence-corrected chi connectivity index (χ3v) is 4.02. The molecule has 0 saturated carbocycles. The fourth-order valence-electron chi connectivity index (χ4n) is 2.62. The molecule has 0 amide bonds. The highest BCUT2D eigenvalue weighted by Gasteiger charge is 2.17. The maximum atomic E-state index is 14.0. The topological polar surface area (TPSA) is 44.8 Å². The highest BCUT2D eigenvalue weighted by molar-refractivity contribution is 5.83. The molecule has 0 aromatic heterocycles. The van der Waals surface area contributed by atoms with Crippen LogP contribution in [0.3, 0.4) is 0 Å². The largest absolute Gasteiger partial charge is 0.490 e. The van der Waals surface area contributed by atoms with Crippen LogP contribution in [0.1, 0.15) is 5.56 Å². The predicted molar refractivity (Wildman–Crippen MR) is 97.0 cm³/mol. The number of esters is 1. The number of rotatable bonds is 7. The molecule has 0 aliphatic heterocycles. The van der Waals surface area contributed by atoms with Crippen LogP contribution in [0.5, 0.6) is 11.5 Å². The maximum Gasteiger partial charge on any atom is 0.310 e. The van der Waals surface area contributed by atoms with Crippen molar-refractivity contribution in [2.24, 2.45) is 0 Å². The number of carbonyl (C=O) groups is 1. The molecule has 0 N–H and O–H groups in total. The summed E-state index contributed by atoms with van der Waals surface area (Å²) >= 11 is 0. The molecule has 27 heavy (non-hydrogen) atoms. The van der Waals surface area contributed by atoms with Crippen molar-refractivity contribution >= 4 is 16.7 Å². The monoisotopic (exact) mass is 372 g/mol. The Hall–Kier alpha value is -3.15. The van der Waals surface area contributed by atoms with E-state index in [1.807, 2.05) is 42.5 Å². The van der Waals surface area contributed by atoms with Gasteiger partial charge in [0.25, 0.3) is 0 Å². The molecule has 0 heterocycles. The molecule has 0 radical (unpaired) electrons. The molecule has 0 bridgehead atoms. The number of carbonyl (C=O) groups excluding carboxylic acids is 1. The van der Waals surface area contributed by atoms with Crippen molar-refractivity contribution in [1.29, 1.82) is 0 Å². The van der Waals surface area contributed by atoms with Crippen LogP contribution in [0.4, 0.5) is 8.78 Å². The van der Waals surface area contributed by atoms with Gasteiger partial charge < -0.3 is 14.2 Å². The van der Waals surface area contributed by atoms with Crippen LogP contribution in [0.15, 0.2) is 54.6 Å². The van der Waals surface area contributed by atoms with E-state index in [1.165, 1.54) is 19.2 Å². The van der Waals surface area contributed by atoms with E-state index in [2.05, 4.69) is 4.74 Å². The average Bonchev–Trinajstić information content (AvgIpc) is 2.70. The van der Waals surface area contributed by atoms with Gasteiger partial charge in [0, 0.05) is 5.56 Å². The van der Waals surface area contributed by atoms with Gasteiger partial charge in [0.1, 0.15) is 19.0 Å². The van der Waals surface area contributed by atoms with Crippen molar-refractivity contribution in [3.05, 3.63) is 71.8 Å². The van der Waals surface area contributed by atoms with Gasteiger partial charge in [0.05, 0.1) is 13.5 Å². The molecule has 140 valence electrons. The number of hydrogen-bond donors (Lipinski definition) is 0. The molecule has 0 spiro atoms. The molecule has 0 saturated heterocycles. The Bertz CT molecular complexity index is 956. The fraction of sp³-hybridized carbons (Fsp3) is 0.190.